The molecule has 6 heteroatoms. The minimum absolute atomic E-state index is 0.562. The maximum atomic E-state index is 4.65. The molecule has 0 fully saturated rings. The van der Waals surface area contributed by atoms with Crippen LogP contribution in [-0.4, -0.2) is 19.5 Å². The summed E-state index contributed by atoms with van der Waals surface area (Å²) in [6.07, 6.45) is 5.57. The maximum Gasteiger partial charge on any atom is 0.227 e. The molecule has 0 atom stereocenters. The molecule has 0 saturated heterocycles. The van der Waals surface area contributed by atoms with Gasteiger partial charge in [0.05, 0.1) is 5.69 Å². The lowest BCUT2D eigenvalue weighted by molar-refractivity contribution is 0.948. The molecule has 1 N–H and O–H groups in total. The molecule has 0 aliphatic heterocycles. The molecule has 0 saturated carbocycles. The second-order valence-electron chi connectivity index (χ2n) is 5.42. The highest BCUT2D eigenvalue weighted by molar-refractivity contribution is 9.10. The Kier molecular flexibility index (Phi) is 3.74. The number of hydrogen-bond donors (Lipinski definition) is 1. The summed E-state index contributed by atoms with van der Waals surface area (Å²) in [7, 11) is 1.99. The number of pyridine rings is 1. The number of rotatable bonds is 3. The van der Waals surface area contributed by atoms with Crippen LogP contribution in [0.1, 0.15) is 0 Å². The molecule has 5 nitrogen and oxygen atoms in total. The fourth-order valence-corrected chi connectivity index (χ4v) is 3.05. The summed E-state index contributed by atoms with van der Waals surface area (Å²) in [5.41, 5.74) is 3.77. The second-order valence-corrected chi connectivity index (χ2v) is 6.34. The Balaban J connectivity index is 1.74. The summed E-state index contributed by atoms with van der Waals surface area (Å²) in [6, 6.07) is 13.8. The summed E-state index contributed by atoms with van der Waals surface area (Å²) < 4.78 is 3.00. The van der Waals surface area contributed by atoms with Gasteiger partial charge in [-0.1, -0.05) is 22.0 Å². The standard InChI is InChI=1S/C18H14BrN5/c1-24-10-7-15-14(5-8-20-17(15)24)16-6-9-21-18(23-16)22-13-4-2-3-12(19)11-13/h2-11H,1H3,(H,21,22,23). The van der Waals surface area contributed by atoms with Crippen molar-refractivity contribution in [1.82, 2.24) is 19.5 Å². The van der Waals surface area contributed by atoms with E-state index in [0.29, 0.717) is 5.95 Å². The summed E-state index contributed by atoms with van der Waals surface area (Å²) in [6.45, 7) is 0. The number of anilines is 2. The highest BCUT2D eigenvalue weighted by atomic mass is 79.9. The van der Waals surface area contributed by atoms with E-state index in [1.807, 2.05) is 54.2 Å². The van der Waals surface area contributed by atoms with Crippen LogP contribution in [0.3, 0.4) is 0 Å². The molecule has 3 heterocycles. The molecule has 4 aromatic rings. The molecule has 118 valence electrons. The van der Waals surface area contributed by atoms with E-state index < -0.39 is 0 Å². The van der Waals surface area contributed by atoms with Gasteiger partial charge in [0.15, 0.2) is 0 Å². The van der Waals surface area contributed by atoms with E-state index in [2.05, 4.69) is 42.3 Å². The van der Waals surface area contributed by atoms with E-state index in [-0.39, 0.29) is 0 Å². The molecule has 0 spiro atoms. The number of nitrogens with zero attached hydrogens (tertiary/aromatic N) is 4. The van der Waals surface area contributed by atoms with Gasteiger partial charge >= 0.3 is 0 Å². The first kappa shape index (κ1) is 14.8. The average molecular weight is 380 g/mol. The minimum atomic E-state index is 0.562. The van der Waals surface area contributed by atoms with Crippen LogP contribution in [0.25, 0.3) is 22.3 Å². The molecule has 4 rings (SSSR count). The molecule has 0 aliphatic carbocycles. The monoisotopic (exact) mass is 379 g/mol. The van der Waals surface area contributed by atoms with Gasteiger partial charge in [-0.2, -0.15) is 0 Å². The van der Waals surface area contributed by atoms with Gasteiger partial charge in [-0.25, -0.2) is 15.0 Å². The smallest absolute Gasteiger partial charge is 0.227 e. The lowest BCUT2D eigenvalue weighted by Gasteiger charge is -2.08. The SMILES string of the molecule is Cn1ccc2c(-c3ccnc(Nc4cccc(Br)c4)n3)ccnc21. The lowest BCUT2D eigenvalue weighted by Crippen LogP contribution is -1.98. The third kappa shape index (κ3) is 2.76. The molecule has 0 bridgehead atoms. The van der Waals surface area contributed by atoms with Crippen LogP contribution in [0, 0.1) is 0 Å². The van der Waals surface area contributed by atoms with Gasteiger partial charge in [0.1, 0.15) is 5.65 Å². The van der Waals surface area contributed by atoms with E-state index in [1.54, 1.807) is 12.4 Å². The van der Waals surface area contributed by atoms with Gasteiger partial charge in [-0.3, -0.25) is 0 Å². The number of benzene rings is 1. The molecular formula is C18H14BrN5. The van der Waals surface area contributed by atoms with Gasteiger partial charge < -0.3 is 9.88 Å². The largest absolute Gasteiger partial charge is 0.336 e. The van der Waals surface area contributed by atoms with Crippen molar-refractivity contribution in [2.75, 3.05) is 5.32 Å². The van der Waals surface area contributed by atoms with Crippen LogP contribution < -0.4 is 5.32 Å². The maximum absolute atomic E-state index is 4.65. The number of aryl methyl sites for hydroxylation is 1. The first-order valence-electron chi connectivity index (χ1n) is 7.47. The predicted molar refractivity (Wildman–Crippen MR) is 99.2 cm³/mol. The Bertz CT molecular complexity index is 1020. The quantitative estimate of drug-likeness (QED) is 0.567. The van der Waals surface area contributed by atoms with Gasteiger partial charge in [0.25, 0.3) is 0 Å². The highest BCUT2D eigenvalue weighted by Gasteiger charge is 2.09. The Morgan fingerprint density at radius 3 is 2.79 bits per heavy atom. The average Bonchev–Trinajstić information content (AvgIpc) is 2.97. The number of halogens is 1. The van der Waals surface area contributed by atoms with Crippen molar-refractivity contribution in [1.29, 1.82) is 0 Å². The fraction of sp³-hybridized carbons (Fsp3) is 0.0556. The topological polar surface area (TPSA) is 55.6 Å². The summed E-state index contributed by atoms with van der Waals surface area (Å²) in [4.78, 5) is 13.4. The van der Waals surface area contributed by atoms with Crippen LogP contribution in [0.5, 0.6) is 0 Å². The molecule has 0 amide bonds. The molecule has 24 heavy (non-hydrogen) atoms. The Hall–Kier alpha value is -2.73. The number of nitrogens with one attached hydrogen (secondary N) is 1. The molecule has 0 radical (unpaired) electrons. The first-order valence-corrected chi connectivity index (χ1v) is 8.26. The Labute approximate surface area is 147 Å². The van der Waals surface area contributed by atoms with Crippen molar-refractivity contribution < 1.29 is 0 Å². The molecule has 0 unspecified atom stereocenters. The van der Waals surface area contributed by atoms with Crippen molar-refractivity contribution in [3.8, 4) is 11.3 Å². The van der Waals surface area contributed by atoms with Gasteiger partial charge in [0, 0.05) is 46.7 Å². The van der Waals surface area contributed by atoms with Crippen molar-refractivity contribution in [2.24, 2.45) is 7.05 Å². The normalized spacial score (nSPS) is 10.9. The second kappa shape index (κ2) is 6.05. The van der Waals surface area contributed by atoms with E-state index in [4.69, 9.17) is 0 Å². The third-order valence-corrected chi connectivity index (χ3v) is 4.27. The first-order chi connectivity index (χ1) is 11.7. The van der Waals surface area contributed by atoms with Gasteiger partial charge in [-0.15, -0.1) is 0 Å². The highest BCUT2D eigenvalue weighted by Crippen LogP contribution is 2.27. The predicted octanol–water partition coefficient (Wildman–Crippen LogP) is 4.54. The van der Waals surface area contributed by atoms with Gasteiger partial charge in [0.2, 0.25) is 5.95 Å². The Morgan fingerprint density at radius 2 is 1.92 bits per heavy atom. The zero-order valence-electron chi connectivity index (χ0n) is 12.9. The van der Waals surface area contributed by atoms with Crippen molar-refractivity contribution >= 4 is 38.6 Å². The van der Waals surface area contributed by atoms with E-state index in [1.165, 1.54) is 0 Å². The third-order valence-electron chi connectivity index (χ3n) is 3.78. The number of hydrogen-bond acceptors (Lipinski definition) is 4. The van der Waals surface area contributed by atoms with Crippen molar-refractivity contribution in [3.05, 3.63) is 65.5 Å². The minimum Gasteiger partial charge on any atom is -0.336 e. The fourth-order valence-electron chi connectivity index (χ4n) is 2.65. The van der Waals surface area contributed by atoms with Crippen LogP contribution in [0.2, 0.25) is 0 Å². The van der Waals surface area contributed by atoms with Crippen LogP contribution in [-0.2, 0) is 7.05 Å². The number of aromatic nitrogens is 4. The molecule has 1 aromatic carbocycles. The summed E-state index contributed by atoms with van der Waals surface area (Å²) in [5, 5.41) is 4.31. The lowest BCUT2D eigenvalue weighted by atomic mass is 10.1. The number of fused-ring (bicyclic) bond motifs is 1. The van der Waals surface area contributed by atoms with Crippen LogP contribution in [0.15, 0.2) is 65.5 Å². The van der Waals surface area contributed by atoms with E-state index in [0.717, 1.165) is 32.5 Å². The molecule has 0 aliphatic rings. The van der Waals surface area contributed by atoms with Crippen LogP contribution >= 0.6 is 15.9 Å². The van der Waals surface area contributed by atoms with Crippen molar-refractivity contribution in [2.45, 2.75) is 0 Å². The Morgan fingerprint density at radius 1 is 1.04 bits per heavy atom. The molecule has 3 aromatic heterocycles. The van der Waals surface area contributed by atoms with Gasteiger partial charge in [-0.05, 0) is 36.4 Å². The van der Waals surface area contributed by atoms with Crippen LogP contribution in [0.4, 0.5) is 11.6 Å². The molecular weight excluding hydrogens is 366 g/mol. The zero-order chi connectivity index (χ0) is 16.5. The summed E-state index contributed by atoms with van der Waals surface area (Å²) >= 11 is 3.47. The van der Waals surface area contributed by atoms with E-state index >= 15 is 0 Å². The zero-order valence-corrected chi connectivity index (χ0v) is 14.5. The van der Waals surface area contributed by atoms with Crippen molar-refractivity contribution in [3.63, 3.8) is 0 Å². The van der Waals surface area contributed by atoms with E-state index in [9.17, 15) is 0 Å². The summed E-state index contributed by atoms with van der Waals surface area (Å²) in [5.74, 6) is 0.562.